The Morgan fingerprint density at radius 3 is 2.57 bits per heavy atom. The van der Waals surface area contributed by atoms with Gasteiger partial charge in [0.15, 0.2) is 0 Å². The Hall–Kier alpha value is -1.06. The first-order valence-corrected chi connectivity index (χ1v) is 8.06. The fourth-order valence-corrected chi connectivity index (χ4v) is 2.16. The second-order valence-electron chi connectivity index (χ2n) is 5.98. The van der Waals surface area contributed by atoms with Gasteiger partial charge >= 0.3 is 0 Å². The van der Waals surface area contributed by atoms with E-state index in [0.717, 1.165) is 37.3 Å². The smallest absolute Gasteiger partial charge is 0.124 e. The molecule has 0 saturated heterocycles. The van der Waals surface area contributed by atoms with E-state index in [1.807, 2.05) is 6.07 Å². The molecular formula is C18H31NO2. The molecule has 21 heavy (non-hydrogen) atoms. The molecule has 120 valence electrons. The summed E-state index contributed by atoms with van der Waals surface area (Å²) in [6.07, 6.45) is 2.24. The van der Waals surface area contributed by atoms with E-state index < -0.39 is 0 Å². The van der Waals surface area contributed by atoms with Crippen LogP contribution >= 0.6 is 0 Å². The second-order valence-corrected chi connectivity index (χ2v) is 5.98. The van der Waals surface area contributed by atoms with Crippen molar-refractivity contribution in [2.24, 2.45) is 5.92 Å². The van der Waals surface area contributed by atoms with Crippen molar-refractivity contribution in [2.45, 2.75) is 53.2 Å². The third-order valence-corrected chi connectivity index (χ3v) is 3.60. The lowest BCUT2D eigenvalue weighted by atomic mass is 10.0. The Morgan fingerprint density at radius 1 is 1.19 bits per heavy atom. The Kier molecular flexibility index (Phi) is 8.40. The van der Waals surface area contributed by atoms with Crippen molar-refractivity contribution in [3.63, 3.8) is 0 Å². The van der Waals surface area contributed by atoms with Crippen LogP contribution in [0.5, 0.6) is 5.75 Å². The highest BCUT2D eigenvalue weighted by Crippen LogP contribution is 2.24. The van der Waals surface area contributed by atoms with Crippen LogP contribution < -0.4 is 10.1 Å². The second kappa shape index (κ2) is 9.80. The zero-order valence-corrected chi connectivity index (χ0v) is 14.2. The summed E-state index contributed by atoms with van der Waals surface area (Å²) in [5.74, 6) is 1.59. The largest absolute Gasteiger partial charge is 0.496 e. The van der Waals surface area contributed by atoms with Crippen LogP contribution in [0.2, 0.25) is 0 Å². The lowest BCUT2D eigenvalue weighted by Crippen LogP contribution is -2.19. The van der Waals surface area contributed by atoms with Crippen LogP contribution in [0.4, 0.5) is 0 Å². The number of ether oxygens (including phenoxy) is 2. The zero-order chi connectivity index (χ0) is 15.7. The van der Waals surface area contributed by atoms with E-state index in [0.29, 0.717) is 18.6 Å². The zero-order valence-electron chi connectivity index (χ0n) is 14.2. The van der Waals surface area contributed by atoms with E-state index >= 15 is 0 Å². The highest BCUT2D eigenvalue weighted by Gasteiger charge is 2.09. The third kappa shape index (κ3) is 6.49. The summed E-state index contributed by atoms with van der Waals surface area (Å²) in [5.41, 5.74) is 2.41. The summed E-state index contributed by atoms with van der Waals surface area (Å²) < 4.78 is 11.2. The van der Waals surface area contributed by atoms with Gasteiger partial charge in [0.2, 0.25) is 0 Å². The molecule has 0 aliphatic heterocycles. The highest BCUT2D eigenvalue weighted by atomic mass is 16.5. The Balaban J connectivity index is 2.66. The van der Waals surface area contributed by atoms with Gasteiger partial charge in [-0.25, -0.2) is 0 Å². The molecule has 1 aromatic carbocycles. The Labute approximate surface area is 130 Å². The van der Waals surface area contributed by atoms with E-state index in [-0.39, 0.29) is 0 Å². The highest BCUT2D eigenvalue weighted by molar-refractivity contribution is 5.38. The molecule has 3 heteroatoms. The molecule has 1 N–H and O–H groups in total. The average Bonchev–Trinajstić information content (AvgIpc) is 2.48. The van der Waals surface area contributed by atoms with Crippen LogP contribution in [0.1, 0.15) is 57.7 Å². The molecule has 0 amide bonds. The standard InChI is InChI=1S/C18H31NO2/c1-6-10-19-15(4)16-7-8-18(20-5)17(12-16)13-21-11-9-14(2)3/h7-8,12,14-15,19H,6,9-11,13H2,1-5H3. The maximum Gasteiger partial charge on any atom is 0.124 e. The number of nitrogens with one attached hydrogen (secondary N) is 1. The minimum atomic E-state index is 0.352. The Morgan fingerprint density at radius 2 is 1.95 bits per heavy atom. The van der Waals surface area contributed by atoms with Crippen molar-refractivity contribution in [1.82, 2.24) is 5.32 Å². The molecule has 0 aromatic heterocycles. The first-order valence-electron chi connectivity index (χ1n) is 8.06. The number of rotatable bonds is 10. The van der Waals surface area contributed by atoms with Crippen molar-refractivity contribution in [1.29, 1.82) is 0 Å². The molecule has 1 aromatic rings. The quantitative estimate of drug-likeness (QED) is 0.652. The monoisotopic (exact) mass is 293 g/mol. The van der Waals surface area contributed by atoms with Gasteiger partial charge in [0.1, 0.15) is 5.75 Å². The molecule has 0 aliphatic carbocycles. The van der Waals surface area contributed by atoms with Crippen molar-refractivity contribution < 1.29 is 9.47 Å². The van der Waals surface area contributed by atoms with E-state index in [4.69, 9.17) is 9.47 Å². The summed E-state index contributed by atoms with van der Waals surface area (Å²) in [6, 6.07) is 6.72. The van der Waals surface area contributed by atoms with Gasteiger partial charge in [0.25, 0.3) is 0 Å². The number of hydrogen-bond donors (Lipinski definition) is 1. The van der Waals surface area contributed by atoms with Crippen LogP contribution in [-0.4, -0.2) is 20.3 Å². The van der Waals surface area contributed by atoms with Crippen LogP contribution in [0.15, 0.2) is 18.2 Å². The van der Waals surface area contributed by atoms with E-state index in [2.05, 4.69) is 45.1 Å². The van der Waals surface area contributed by atoms with Gasteiger partial charge < -0.3 is 14.8 Å². The number of hydrogen-bond acceptors (Lipinski definition) is 3. The minimum Gasteiger partial charge on any atom is -0.496 e. The first kappa shape index (κ1) is 18.0. The van der Waals surface area contributed by atoms with Gasteiger partial charge in [-0.1, -0.05) is 26.8 Å². The van der Waals surface area contributed by atoms with E-state index in [9.17, 15) is 0 Å². The van der Waals surface area contributed by atoms with Crippen LogP contribution in [0.25, 0.3) is 0 Å². The molecular weight excluding hydrogens is 262 g/mol. The molecule has 1 rings (SSSR count). The molecule has 0 saturated carbocycles. The molecule has 0 bridgehead atoms. The van der Waals surface area contributed by atoms with Crippen molar-refractivity contribution in [3.05, 3.63) is 29.3 Å². The van der Waals surface area contributed by atoms with Crippen molar-refractivity contribution >= 4 is 0 Å². The predicted octanol–water partition coefficient (Wildman–Crippen LogP) is 4.32. The van der Waals surface area contributed by atoms with Gasteiger partial charge in [-0.05, 0) is 49.9 Å². The third-order valence-electron chi connectivity index (χ3n) is 3.60. The summed E-state index contributed by atoms with van der Waals surface area (Å²) in [6.45, 7) is 11.3. The molecule has 0 heterocycles. The molecule has 1 unspecified atom stereocenters. The van der Waals surface area contributed by atoms with Crippen LogP contribution in [-0.2, 0) is 11.3 Å². The van der Waals surface area contributed by atoms with Gasteiger partial charge in [-0.3, -0.25) is 0 Å². The van der Waals surface area contributed by atoms with Crippen molar-refractivity contribution in [2.75, 3.05) is 20.3 Å². The lowest BCUT2D eigenvalue weighted by molar-refractivity contribution is 0.109. The van der Waals surface area contributed by atoms with E-state index in [1.54, 1.807) is 7.11 Å². The first-order chi connectivity index (χ1) is 10.1. The summed E-state index contributed by atoms with van der Waals surface area (Å²) in [5, 5.41) is 3.51. The summed E-state index contributed by atoms with van der Waals surface area (Å²) in [4.78, 5) is 0. The molecule has 3 nitrogen and oxygen atoms in total. The number of methoxy groups -OCH3 is 1. The maximum absolute atomic E-state index is 5.79. The summed E-state index contributed by atoms with van der Waals surface area (Å²) in [7, 11) is 1.71. The van der Waals surface area contributed by atoms with Gasteiger partial charge in [-0.2, -0.15) is 0 Å². The Bertz CT molecular complexity index is 404. The fourth-order valence-electron chi connectivity index (χ4n) is 2.16. The molecule has 0 spiro atoms. The molecule has 0 radical (unpaired) electrons. The normalized spacial score (nSPS) is 12.7. The van der Waals surface area contributed by atoms with Gasteiger partial charge in [-0.15, -0.1) is 0 Å². The summed E-state index contributed by atoms with van der Waals surface area (Å²) >= 11 is 0. The van der Waals surface area contributed by atoms with Crippen molar-refractivity contribution in [3.8, 4) is 5.75 Å². The van der Waals surface area contributed by atoms with E-state index in [1.165, 1.54) is 5.56 Å². The van der Waals surface area contributed by atoms with Gasteiger partial charge in [0.05, 0.1) is 13.7 Å². The number of benzene rings is 1. The lowest BCUT2D eigenvalue weighted by Gasteiger charge is -2.17. The van der Waals surface area contributed by atoms with Crippen LogP contribution in [0.3, 0.4) is 0 Å². The topological polar surface area (TPSA) is 30.5 Å². The average molecular weight is 293 g/mol. The maximum atomic E-state index is 5.79. The molecule has 1 atom stereocenters. The van der Waals surface area contributed by atoms with Gasteiger partial charge in [0, 0.05) is 18.2 Å². The molecule has 0 fully saturated rings. The predicted molar refractivity (Wildman–Crippen MR) is 88.8 cm³/mol. The molecule has 0 aliphatic rings. The SMILES string of the molecule is CCCNC(C)c1ccc(OC)c(COCCC(C)C)c1. The minimum absolute atomic E-state index is 0.352. The van der Waals surface area contributed by atoms with Crippen LogP contribution in [0, 0.1) is 5.92 Å². The fraction of sp³-hybridized carbons (Fsp3) is 0.667.